The number of aromatic nitrogens is 2. The first-order valence-electron chi connectivity index (χ1n) is 6.62. The SMILES string of the molecule is Cc1nn(CCNC(=O)c2ccc(Br)cc2)c(C)c1[N+](=O)[O-]. The standard InChI is InChI=1S/C14H15BrN4O3/c1-9-13(19(21)22)10(2)18(17-9)8-7-16-14(20)11-3-5-12(15)6-4-11/h3-6H,7-8H2,1-2H3,(H,16,20). The molecule has 2 aromatic rings. The number of nitrogens with zero attached hydrogens (tertiary/aromatic N) is 3. The number of rotatable bonds is 5. The van der Waals surface area contributed by atoms with Gasteiger partial charge in [-0.25, -0.2) is 0 Å². The van der Waals surface area contributed by atoms with E-state index >= 15 is 0 Å². The predicted octanol–water partition coefficient (Wildman–Crippen LogP) is 2.60. The van der Waals surface area contributed by atoms with Crippen molar-refractivity contribution in [2.75, 3.05) is 6.54 Å². The minimum Gasteiger partial charge on any atom is -0.350 e. The van der Waals surface area contributed by atoms with E-state index in [1.165, 1.54) is 4.68 Å². The maximum atomic E-state index is 11.9. The van der Waals surface area contributed by atoms with Gasteiger partial charge < -0.3 is 5.32 Å². The lowest BCUT2D eigenvalue weighted by atomic mass is 10.2. The molecule has 0 saturated carbocycles. The fourth-order valence-corrected chi connectivity index (χ4v) is 2.41. The Kier molecular flexibility index (Phi) is 4.92. The summed E-state index contributed by atoms with van der Waals surface area (Å²) in [5.41, 5.74) is 1.45. The number of amides is 1. The first-order chi connectivity index (χ1) is 10.4. The molecule has 1 amide bonds. The van der Waals surface area contributed by atoms with Gasteiger partial charge in [0.05, 0.1) is 11.5 Å². The molecule has 0 radical (unpaired) electrons. The molecule has 0 spiro atoms. The fourth-order valence-electron chi connectivity index (χ4n) is 2.15. The summed E-state index contributed by atoms with van der Waals surface area (Å²) in [6, 6.07) is 7.01. The number of hydrogen-bond donors (Lipinski definition) is 1. The van der Waals surface area contributed by atoms with Crippen LogP contribution in [0, 0.1) is 24.0 Å². The molecule has 0 saturated heterocycles. The van der Waals surface area contributed by atoms with E-state index < -0.39 is 4.92 Å². The molecule has 7 nitrogen and oxygen atoms in total. The summed E-state index contributed by atoms with van der Waals surface area (Å²) in [7, 11) is 0. The molecule has 0 aliphatic rings. The van der Waals surface area contributed by atoms with Gasteiger partial charge >= 0.3 is 5.69 Å². The van der Waals surface area contributed by atoms with Gasteiger partial charge in [-0.2, -0.15) is 5.10 Å². The lowest BCUT2D eigenvalue weighted by Crippen LogP contribution is -2.27. The molecule has 116 valence electrons. The lowest BCUT2D eigenvalue weighted by molar-refractivity contribution is -0.386. The van der Waals surface area contributed by atoms with E-state index in [2.05, 4.69) is 26.3 Å². The van der Waals surface area contributed by atoms with Gasteiger partial charge in [0.15, 0.2) is 0 Å². The van der Waals surface area contributed by atoms with Gasteiger partial charge in [-0.3, -0.25) is 19.6 Å². The van der Waals surface area contributed by atoms with Crippen LogP contribution in [0.4, 0.5) is 5.69 Å². The monoisotopic (exact) mass is 366 g/mol. The molecule has 0 unspecified atom stereocenters. The topological polar surface area (TPSA) is 90.1 Å². The normalized spacial score (nSPS) is 10.5. The number of benzene rings is 1. The minimum absolute atomic E-state index is 0.0271. The van der Waals surface area contributed by atoms with Gasteiger partial charge in [0.1, 0.15) is 11.4 Å². The molecule has 0 aliphatic carbocycles. The second-order valence-corrected chi connectivity index (χ2v) is 5.68. The summed E-state index contributed by atoms with van der Waals surface area (Å²) in [5.74, 6) is -0.191. The van der Waals surface area contributed by atoms with Gasteiger partial charge in [0.25, 0.3) is 5.91 Å². The molecule has 2 rings (SSSR count). The molecule has 1 N–H and O–H groups in total. The molecule has 0 fully saturated rings. The third-order valence-corrected chi connectivity index (χ3v) is 3.77. The van der Waals surface area contributed by atoms with Crippen molar-refractivity contribution in [2.24, 2.45) is 0 Å². The average molecular weight is 367 g/mol. The van der Waals surface area contributed by atoms with Crippen molar-refractivity contribution in [2.45, 2.75) is 20.4 Å². The van der Waals surface area contributed by atoms with E-state index in [0.29, 0.717) is 30.0 Å². The highest BCUT2D eigenvalue weighted by Gasteiger charge is 2.21. The largest absolute Gasteiger partial charge is 0.350 e. The van der Waals surface area contributed by atoms with Gasteiger partial charge in [0.2, 0.25) is 0 Å². The van der Waals surface area contributed by atoms with Crippen molar-refractivity contribution in [3.63, 3.8) is 0 Å². The van der Waals surface area contributed by atoms with Gasteiger partial charge in [-0.05, 0) is 38.1 Å². The van der Waals surface area contributed by atoms with Crippen molar-refractivity contribution in [1.29, 1.82) is 0 Å². The number of nitro groups is 1. The maximum absolute atomic E-state index is 11.9. The molecule has 1 aromatic carbocycles. The molecular weight excluding hydrogens is 352 g/mol. The zero-order valence-corrected chi connectivity index (χ0v) is 13.8. The highest BCUT2D eigenvalue weighted by atomic mass is 79.9. The molecule has 1 aromatic heterocycles. The molecule has 8 heteroatoms. The Balaban J connectivity index is 1.97. The van der Waals surface area contributed by atoms with Crippen LogP contribution in [0.1, 0.15) is 21.7 Å². The van der Waals surface area contributed by atoms with E-state index in [0.717, 1.165) is 4.47 Å². The van der Waals surface area contributed by atoms with E-state index in [1.54, 1.807) is 38.1 Å². The molecule has 1 heterocycles. The van der Waals surface area contributed by atoms with Gasteiger partial charge in [-0.15, -0.1) is 0 Å². The van der Waals surface area contributed by atoms with Crippen LogP contribution in [0.3, 0.4) is 0 Å². The van der Waals surface area contributed by atoms with Crippen LogP contribution in [0.2, 0.25) is 0 Å². The highest BCUT2D eigenvalue weighted by molar-refractivity contribution is 9.10. The zero-order valence-electron chi connectivity index (χ0n) is 12.2. The second kappa shape index (κ2) is 6.69. The minimum atomic E-state index is -0.436. The number of carbonyl (C=O) groups excluding carboxylic acids is 1. The zero-order chi connectivity index (χ0) is 16.3. The first kappa shape index (κ1) is 16.2. The van der Waals surface area contributed by atoms with Crippen LogP contribution in [0.5, 0.6) is 0 Å². The van der Waals surface area contributed by atoms with E-state index in [9.17, 15) is 14.9 Å². The number of carbonyl (C=O) groups is 1. The van der Waals surface area contributed by atoms with Crippen molar-refractivity contribution in [1.82, 2.24) is 15.1 Å². The van der Waals surface area contributed by atoms with Crippen LogP contribution in [-0.2, 0) is 6.54 Å². The maximum Gasteiger partial charge on any atom is 0.312 e. The van der Waals surface area contributed by atoms with E-state index in [4.69, 9.17) is 0 Å². The summed E-state index contributed by atoms with van der Waals surface area (Å²) >= 11 is 3.31. The number of halogens is 1. The Morgan fingerprint density at radius 3 is 2.55 bits per heavy atom. The van der Waals surface area contributed by atoms with Gasteiger partial charge in [-0.1, -0.05) is 15.9 Å². The Bertz CT molecular complexity index is 710. The van der Waals surface area contributed by atoms with Crippen LogP contribution < -0.4 is 5.32 Å². The van der Waals surface area contributed by atoms with Crippen LogP contribution >= 0.6 is 15.9 Å². The van der Waals surface area contributed by atoms with Crippen molar-refractivity contribution in [3.05, 3.63) is 55.8 Å². The Labute approximate surface area is 135 Å². The Hall–Kier alpha value is -2.22. The van der Waals surface area contributed by atoms with Crippen LogP contribution in [0.15, 0.2) is 28.7 Å². The third-order valence-electron chi connectivity index (χ3n) is 3.24. The fraction of sp³-hybridized carbons (Fsp3) is 0.286. The van der Waals surface area contributed by atoms with Crippen LogP contribution in [-0.4, -0.2) is 27.2 Å². The predicted molar refractivity (Wildman–Crippen MR) is 84.8 cm³/mol. The van der Waals surface area contributed by atoms with Crippen molar-refractivity contribution in [3.8, 4) is 0 Å². The summed E-state index contributed by atoms with van der Waals surface area (Å²) in [5, 5.41) is 17.8. The van der Waals surface area contributed by atoms with E-state index in [-0.39, 0.29) is 11.6 Å². The van der Waals surface area contributed by atoms with Crippen molar-refractivity contribution < 1.29 is 9.72 Å². The summed E-state index contributed by atoms with van der Waals surface area (Å²) < 4.78 is 2.44. The number of aryl methyl sites for hydroxylation is 1. The first-order valence-corrected chi connectivity index (χ1v) is 7.41. The smallest absolute Gasteiger partial charge is 0.312 e. The molecule has 0 bridgehead atoms. The average Bonchev–Trinajstić information content (AvgIpc) is 2.74. The Morgan fingerprint density at radius 1 is 1.36 bits per heavy atom. The molecule has 22 heavy (non-hydrogen) atoms. The molecular formula is C14H15BrN4O3. The summed E-state index contributed by atoms with van der Waals surface area (Å²) in [4.78, 5) is 22.4. The highest BCUT2D eigenvalue weighted by Crippen LogP contribution is 2.21. The Morgan fingerprint density at radius 2 is 2.00 bits per heavy atom. The number of hydrogen-bond acceptors (Lipinski definition) is 4. The van der Waals surface area contributed by atoms with E-state index in [1.807, 2.05) is 0 Å². The quantitative estimate of drug-likeness (QED) is 0.650. The van der Waals surface area contributed by atoms with Gasteiger partial charge in [0, 0.05) is 16.6 Å². The summed E-state index contributed by atoms with van der Waals surface area (Å²) in [6.45, 7) is 3.97. The lowest BCUT2D eigenvalue weighted by Gasteiger charge is -2.06. The second-order valence-electron chi connectivity index (χ2n) is 4.76. The van der Waals surface area contributed by atoms with Crippen LogP contribution in [0.25, 0.3) is 0 Å². The molecule has 0 atom stereocenters. The molecule has 0 aliphatic heterocycles. The van der Waals surface area contributed by atoms with Crippen molar-refractivity contribution >= 4 is 27.5 Å². The third kappa shape index (κ3) is 3.51. The summed E-state index contributed by atoms with van der Waals surface area (Å²) in [6.07, 6.45) is 0. The number of nitrogens with one attached hydrogen (secondary N) is 1.